The van der Waals surface area contributed by atoms with E-state index in [9.17, 15) is 0 Å². The van der Waals surface area contributed by atoms with E-state index in [1.165, 1.54) is 70.8 Å². The smallest absolute Gasteiger partial charge is 0.0113 e. The van der Waals surface area contributed by atoms with Crippen molar-refractivity contribution in [3.63, 3.8) is 0 Å². The van der Waals surface area contributed by atoms with E-state index in [1.54, 1.807) is 0 Å². The molecule has 1 saturated heterocycles. The van der Waals surface area contributed by atoms with Gasteiger partial charge in [0.05, 0.1) is 0 Å². The lowest BCUT2D eigenvalue weighted by molar-refractivity contribution is 0.147. The second kappa shape index (κ2) is 6.36. The van der Waals surface area contributed by atoms with E-state index in [-0.39, 0.29) is 0 Å². The van der Waals surface area contributed by atoms with Crippen molar-refractivity contribution >= 4 is 0 Å². The van der Waals surface area contributed by atoms with Crippen molar-refractivity contribution in [3.05, 3.63) is 0 Å². The quantitative estimate of drug-likeness (QED) is 0.819. The summed E-state index contributed by atoms with van der Waals surface area (Å²) in [4.78, 5) is 0. The standard InChI is InChI=1S/C18H34N2/c1-18(2)11-5-7-14(13-18)20-17-9-4-3-8-15(17)16-10-6-12-19-16/h14-17,19-20H,3-13H2,1-2H3. The second-order valence-electron chi connectivity index (χ2n) is 8.38. The zero-order valence-corrected chi connectivity index (χ0v) is 13.6. The first-order valence-electron chi connectivity index (χ1n) is 9.13. The maximum absolute atomic E-state index is 4.10. The van der Waals surface area contributed by atoms with Crippen LogP contribution in [0.4, 0.5) is 0 Å². The van der Waals surface area contributed by atoms with Crippen molar-refractivity contribution in [2.24, 2.45) is 11.3 Å². The first-order chi connectivity index (χ1) is 9.64. The molecule has 0 aromatic heterocycles. The summed E-state index contributed by atoms with van der Waals surface area (Å²) in [6.45, 7) is 6.17. The average molecular weight is 278 g/mol. The van der Waals surface area contributed by atoms with Crippen molar-refractivity contribution in [3.8, 4) is 0 Å². The fraction of sp³-hybridized carbons (Fsp3) is 1.00. The Balaban J connectivity index is 1.58. The van der Waals surface area contributed by atoms with E-state index in [1.807, 2.05) is 0 Å². The van der Waals surface area contributed by atoms with Gasteiger partial charge < -0.3 is 10.6 Å². The maximum Gasteiger partial charge on any atom is 0.0113 e. The van der Waals surface area contributed by atoms with Crippen molar-refractivity contribution in [1.29, 1.82) is 0 Å². The summed E-state index contributed by atoms with van der Waals surface area (Å²) in [6, 6.07) is 2.38. The summed E-state index contributed by atoms with van der Waals surface area (Å²) < 4.78 is 0. The molecule has 2 aliphatic carbocycles. The van der Waals surface area contributed by atoms with Gasteiger partial charge in [-0.25, -0.2) is 0 Å². The molecule has 0 bridgehead atoms. The molecule has 4 unspecified atom stereocenters. The predicted octanol–water partition coefficient (Wildman–Crippen LogP) is 3.86. The van der Waals surface area contributed by atoms with Gasteiger partial charge in [-0.3, -0.25) is 0 Å². The average Bonchev–Trinajstić information content (AvgIpc) is 2.92. The Hall–Kier alpha value is -0.0800. The van der Waals surface area contributed by atoms with Crippen LogP contribution in [0.3, 0.4) is 0 Å². The summed E-state index contributed by atoms with van der Waals surface area (Å²) >= 11 is 0. The second-order valence-corrected chi connectivity index (χ2v) is 8.38. The minimum absolute atomic E-state index is 0.561. The number of nitrogens with one attached hydrogen (secondary N) is 2. The first-order valence-corrected chi connectivity index (χ1v) is 9.13. The molecule has 3 rings (SSSR count). The summed E-state index contributed by atoms with van der Waals surface area (Å²) in [5.41, 5.74) is 0.561. The third-order valence-electron chi connectivity index (χ3n) is 6.09. The monoisotopic (exact) mass is 278 g/mol. The molecule has 0 aromatic carbocycles. The molecule has 0 radical (unpaired) electrons. The van der Waals surface area contributed by atoms with Gasteiger partial charge in [0.25, 0.3) is 0 Å². The predicted molar refractivity (Wildman–Crippen MR) is 85.9 cm³/mol. The van der Waals surface area contributed by atoms with E-state index in [0.29, 0.717) is 5.41 Å². The zero-order chi connectivity index (χ0) is 14.0. The Morgan fingerprint density at radius 3 is 2.55 bits per heavy atom. The Morgan fingerprint density at radius 2 is 1.80 bits per heavy atom. The normalized spacial score (nSPS) is 41.7. The van der Waals surface area contributed by atoms with E-state index in [2.05, 4.69) is 24.5 Å². The Bertz CT molecular complexity index is 307. The van der Waals surface area contributed by atoms with Crippen molar-refractivity contribution in [2.45, 2.75) is 96.2 Å². The van der Waals surface area contributed by atoms with Crippen LogP contribution in [0.2, 0.25) is 0 Å². The molecule has 2 nitrogen and oxygen atoms in total. The fourth-order valence-corrected chi connectivity index (χ4v) is 5.07. The molecular formula is C18H34N2. The van der Waals surface area contributed by atoms with Gasteiger partial charge in [-0.1, -0.05) is 33.1 Å². The van der Waals surface area contributed by atoms with E-state index >= 15 is 0 Å². The highest BCUT2D eigenvalue weighted by Crippen LogP contribution is 2.37. The van der Waals surface area contributed by atoms with Crippen molar-refractivity contribution < 1.29 is 0 Å². The number of rotatable bonds is 3. The van der Waals surface area contributed by atoms with E-state index in [0.717, 1.165) is 24.0 Å². The van der Waals surface area contributed by atoms with Crippen molar-refractivity contribution in [1.82, 2.24) is 10.6 Å². The molecule has 3 fully saturated rings. The van der Waals surface area contributed by atoms with Gasteiger partial charge in [-0.05, 0) is 62.8 Å². The minimum Gasteiger partial charge on any atom is -0.314 e. The molecule has 0 spiro atoms. The molecule has 1 aliphatic heterocycles. The highest BCUT2D eigenvalue weighted by Gasteiger charge is 2.36. The lowest BCUT2D eigenvalue weighted by atomic mass is 9.73. The molecular weight excluding hydrogens is 244 g/mol. The molecule has 1 heterocycles. The summed E-state index contributed by atoms with van der Waals surface area (Å²) in [5, 5.41) is 7.87. The lowest BCUT2D eigenvalue weighted by Gasteiger charge is -2.42. The molecule has 0 amide bonds. The first kappa shape index (κ1) is 14.8. The molecule has 20 heavy (non-hydrogen) atoms. The molecule has 116 valence electrons. The Morgan fingerprint density at radius 1 is 0.950 bits per heavy atom. The van der Waals surface area contributed by atoms with Crippen LogP contribution in [-0.4, -0.2) is 24.7 Å². The maximum atomic E-state index is 4.10. The van der Waals surface area contributed by atoms with Crippen LogP contribution in [0.15, 0.2) is 0 Å². The van der Waals surface area contributed by atoms with Gasteiger partial charge in [0.15, 0.2) is 0 Å². The SMILES string of the molecule is CC1(C)CCCC(NC2CCCCC2C2CCCN2)C1. The van der Waals surface area contributed by atoms with Crippen LogP contribution >= 0.6 is 0 Å². The van der Waals surface area contributed by atoms with Crippen LogP contribution < -0.4 is 10.6 Å². The Kier molecular flexibility index (Phi) is 4.72. The Labute approximate surface area is 125 Å². The highest BCUT2D eigenvalue weighted by molar-refractivity contribution is 4.94. The molecule has 3 aliphatic rings. The molecule has 4 atom stereocenters. The van der Waals surface area contributed by atoms with Crippen LogP contribution in [0, 0.1) is 11.3 Å². The summed E-state index contributed by atoms with van der Waals surface area (Å²) in [5.74, 6) is 0.899. The van der Waals surface area contributed by atoms with E-state index in [4.69, 9.17) is 0 Å². The van der Waals surface area contributed by atoms with Crippen LogP contribution in [0.25, 0.3) is 0 Å². The fourth-order valence-electron chi connectivity index (χ4n) is 5.07. The highest BCUT2D eigenvalue weighted by atomic mass is 15.0. The van der Waals surface area contributed by atoms with Gasteiger partial charge in [-0.2, -0.15) is 0 Å². The van der Waals surface area contributed by atoms with Crippen LogP contribution in [-0.2, 0) is 0 Å². The third kappa shape index (κ3) is 3.57. The minimum atomic E-state index is 0.561. The van der Waals surface area contributed by atoms with Crippen LogP contribution in [0.1, 0.15) is 78.1 Å². The number of hydrogen-bond acceptors (Lipinski definition) is 2. The number of hydrogen-bond donors (Lipinski definition) is 2. The summed E-state index contributed by atoms with van der Waals surface area (Å²) in [6.07, 6.45) is 14.2. The topological polar surface area (TPSA) is 24.1 Å². The van der Waals surface area contributed by atoms with E-state index < -0.39 is 0 Å². The van der Waals surface area contributed by atoms with Gasteiger partial charge in [0, 0.05) is 18.1 Å². The van der Waals surface area contributed by atoms with Gasteiger partial charge in [-0.15, -0.1) is 0 Å². The molecule has 2 saturated carbocycles. The summed E-state index contributed by atoms with van der Waals surface area (Å²) in [7, 11) is 0. The van der Waals surface area contributed by atoms with Crippen LogP contribution in [0.5, 0.6) is 0 Å². The molecule has 2 heteroatoms. The van der Waals surface area contributed by atoms with Gasteiger partial charge in [0.2, 0.25) is 0 Å². The zero-order valence-electron chi connectivity index (χ0n) is 13.6. The third-order valence-corrected chi connectivity index (χ3v) is 6.09. The largest absolute Gasteiger partial charge is 0.314 e. The van der Waals surface area contributed by atoms with Gasteiger partial charge >= 0.3 is 0 Å². The van der Waals surface area contributed by atoms with Crippen molar-refractivity contribution in [2.75, 3.05) is 6.54 Å². The molecule has 0 aromatic rings. The lowest BCUT2D eigenvalue weighted by Crippen LogP contribution is -2.51. The van der Waals surface area contributed by atoms with Gasteiger partial charge in [0.1, 0.15) is 0 Å². The molecule has 2 N–H and O–H groups in total.